The lowest BCUT2D eigenvalue weighted by atomic mass is 9.90. The Morgan fingerprint density at radius 1 is 1.45 bits per heavy atom. The molecule has 0 spiro atoms. The molecule has 7 heteroatoms. The fourth-order valence-electron chi connectivity index (χ4n) is 1.57. The van der Waals surface area contributed by atoms with Crippen LogP contribution in [0.1, 0.15) is 37.6 Å². The summed E-state index contributed by atoms with van der Waals surface area (Å²) < 4.78 is 0. The number of rotatable bonds is 6. The lowest BCUT2D eigenvalue weighted by Crippen LogP contribution is -2.34. The van der Waals surface area contributed by atoms with Gasteiger partial charge in [-0.1, -0.05) is 26.8 Å². The van der Waals surface area contributed by atoms with Crippen molar-refractivity contribution in [3.05, 3.63) is 33.9 Å². The summed E-state index contributed by atoms with van der Waals surface area (Å²) in [5.74, 6) is 4.91. The number of hydrogen-bond acceptors (Lipinski definition) is 5. The number of para-hydroxylation sites is 1. The molecule has 0 radical (unpaired) electrons. The number of nitrogens with zero attached hydrogens (tertiary/aromatic N) is 1. The molecule has 110 valence electrons. The minimum atomic E-state index is -0.581. The van der Waals surface area contributed by atoms with Gasteiger partial charge in [0, 0.05) is 12.6 Å². The van der Waals surface area contributed by atoms with E-state index in [9.17, 15) is 14.9 Å². The summed E-state index contributed by atoms with van der Waals surface area (Å²) >= 11 is 0. The topological polar surface area (TPSA) is 110 Å². The van der Waals surface area contributed by atoms with Gasteiger partial charge in [-0.15, -0.1) is 0 Å². The number of amides is 1. The number of carbonyl (C=O) groups excluding carboxylic acids is 1. The van der Waals surface area contributed by atoms with Gasteiger partial charge in [0.2, 0.25) is 0 Å². The number of hydrogen-bond donors (Lipinski definition) is 3. The highest BCUT2D eigenvalue weighted by Gasteiger charge is 2.22. The van der Waals surface area contributed by atoms with Gasteiger partial charge in [0.05, 0.1) is 10.5 Å². The van der Waals surface area contributed by atoms with Crippen molar-refractivity contribution in [3.63, 3.8) is 0 Å². The molecular formula is C13H20N4O3. The van der Waals surface area contributed by atoms with Gasteiger partial charge in [-0.2, -0.15) is 0 Å². The van der Waals surface area contributed by atoms with E-state index < -0.39 is 4.92 Å². The molecule has 1 aromatic rings. The standard InChI is InChI=1S/C13H20N4O3/c1-4-13(2,3)8-15-12(18)9-6-5-7-10(17(19)20)11(9)16-14/h5-7,16H,4,8,14H2,1-3H3,(H,15,18). The molecule has 4 N–H and O–H groups in total. The minimum Gasteiger partial charge on any atom is -0.351 e. The van der Waals surface area contributed by atoms with Crippen molar-refractivity contribution in [2.75, 3.05) is 12.0 Å². The predicted octanol–water partition coefficient (Wildman–Crippen LogP) is 2.05. The molecule has 0 saturated carbocycles. The molecule has 0 saturated heterocycles. The summed E-state index contributed by atoms with van der Waals surface area (Å²) in [7, 11) is 0. The summed E-state index contributed by atoms with van der Waals surface area (Å²) in [6.07, 6.45) is 0.907. The SMILES string of the molecule is CCC(C)(C)CNC(=O)c1cccc([N+](=O)[O-])c1NN. The molecule has 0 unspecified atom stereocenters. The number of carbonyl (C=O) groups is 1. The van der Waals surface area contributed by atoms with Gasteiger partial charge >= 0.3 is 0 Å². The van der Waals surface area contributed by atoms with Crippen LogP contribution in [0.4, 0.5) is 11.4 Å². The van der Waals surface area contributed by atoms with E-state index in [2.05, 4.69) is 10.7 Å². The average Bonchev–Trinajstić information content (AvgIpc) is 2.43. The van der Waals surface area contributed by atoms with E-state index in [1.54, 1.807) is 0 Å². The first-order valence-corrected chi connectivity index (χ1v) is 6.34. The summed E-state index contributed by atoms with van der Waals surface area (Å²) in [6, 6.07) is 4.25. The Bertz CT molecular complexity index is 514. The minimum absolute atomic E-state index is 0.0179. The second-order valence-corrected chi connectivity index (χ2v) is 5.30. The molecule has 20 heavy (non-hydrogen) atoms. The highest BCUT2D eigenvalue weighted by atomic mass is 16.6. The van der Waals surface area contributed by atoms with Crippen molar-refractivity contribution in [1.29, 1.82) is 0 Å². The normalized spacial score (nSPS) is 11.0. The third-order valence-corrected chi connectivity index (χ3v) is 3.31. The van der Waals surface area contributed by atoms with Gasteiger partial charge in [0.25, 0.3) is 11.6 Å². The van der Waals surface area contributed by atoms with Crippen LogP contribution in [-0.4, -0.2) is 17.4 Å². The van der Waals surface area contributed by atoms with E-state index in [0.717, 1.165) is 6.42 Å². The van der Waals surface area contributed by atoms with Crippen molar-refractivity contribution in [2.24, 2.45) is 11.3 Å². The van der Waals surface area contributed by atoms with Gasteiger partial charge < -0.3 is 10.7 Å². The molecule has 0 bridgehead atoms. The van der Waals surface area contributed by atoms with E-state index in [-0.39, 0.29) is 28.3 Å². The maximum Gasteiger partial charge on any atom is 0.294 e. The van der Waals surface area contributed by atoms with Crippen molar-refractivity contribution < 1.29 is 9.72 Å². The Morgan fingerprint density at radius 3 is 2.60 bits per heavy atom. The number of nitro benzene ring substituents is 1. The summed E-state index contributed by atoms with van der Waals surface area (Å²) in [5.41, 5.74) is 2.15. The van der Waals surface area contributed by atoms with E-state index in [0.29, 0.717) is 6.54 Å². The molecule has 1 aromatic carbocycles. The fourth-order valence-corrected chi connectivity index (χ4v) is 1.57. The smallest absolute Gasteiger partial charge is 0.294 e. The van der Waals surface area contributed by atoms with Gasteiger partial charge in [-0.25, -0.2) is 0 Å². The molecule has 0 fully saturated rings. The number of benzene rings is 1. The first-order valence-electron chi connectivity index (χ1n) is 6.34. The zero-order valence-corrected chi connectivity index (χ0v) is 11.9. The van der Waals surface area contributed by atoms with Crippen LogP contribution in [0.5, 0.6) is 0 Å². The van der Waals surface area contributed by atoms with Gasteiger partial charge in [-0.3, -0.25) is 20.8 Å². The van der Waals surface area contributed by atoms with Gasteiger partial charge in [0.15, 0.2) is 0 Å². The first kappa shape index (κ1) is 15.9. The number of anilines is 1. The van der Waals surface area contributed by atoms with Gasteiger partial charge in [0.1, 0.15) is 5.69 Å². The lowest BCUT2D eigenvalue weighted by molar-refractivity contribution is -0.384. The fraction of sp³-hybridized carbons (Fsp3) is 0.462. The zero-order chi connectivity index (χ0) is 15.3. The molecule has 1 rings (SSSR count). The van der Waals surface area contributed by atoms with Crippen molar-refractivity contribution in [1.82, 2.24) is 5.32 Å². The Kier molecular flexibility index (Phi) is 5.04. The summed E-state index contributed by atoms with van der Waals surface area (Å²) in [5, 5.41) is 13.7. The van der Waals surface area contributed by atoms with Crippen molar-refractivity contribution >= 4 is 17.3 Å². The average molecular weight is 280 g/mol. The molecule has 0 aliphatic rings. The summed E-state index contributed by atoms with van der Waals surface area (Å²) in [6.45, 7) is 6.58. The van der Waals surface area contributed by atoms with Crippen LogP contribution in [0, 0.1) is 15.5 Å². The van der Waals surface area contributed by atoms with E-state index in [1.165, 1.54) is 18.2 Å². The Labute approximate surface area is 117 Å². The second kappa shape index (κ2) is 6.33. The van der Waals surface area contributed by atoms with Crippen LogP contribution in [-0.2, 0) is 0 Å². The Hall–Kier alpha value is -2.15. The number of nitrogen functional groups attached to an aromatic ring is 1. The number of nitrogens with two attached hydrogens (primary N) is 1. The van der Waals surface area contributed by atoms with Crippen LogP contribution in [0.15, 0.2) is 18.2 Å². The molecule has 0 aromatic heterocycles. The van der Waals surface area contributed by atoms with Crippen LogP contribution in [0.25, 0.3) is 0 Å². The van der Waals surface area contributed by atoms with Crippen LogP contribution < -0.4 is 16.6 Å². The van der Waals surface area contributed by atoms with E-state index in [4.69, 9.17) is 5.84 Å². The maximum atomic E-state index is 12.1. The summed E-state index contributed by atoms with van der Waals surface area (Å²) in [4.78, 5) is 22.4. The monoisotopic (exact) mass is 280 g/mol. The lowest BCUT2D eigenvalue weighted by Gasteiger charge is -2.23. The first-order chi connectivity index (χ1) is 9.32. The van der Waals surface area contributed by atoms with Crippen LogP contribution in [0.2, 0.25) is 0 Å². The van der Waals surface area contributed by atoms with E-state index >= 15 is 0 Å². The van der Waals surface area contributed by atoms with Gasteiger partial charge in [-0.05, 0) is 17.9 Å². The molecule has 0 aliphatic heterocycles. The molecule has 0 aliphatic carbocycles. The maximum absolute atomic E-state index is 12.1. The van der Waals surface area contributed by atoms with Crippen molar-refractivity contribution in [2.45, 2.75) is 27.2 Å². The van der Waals surface area contributed by atoms with Crippen molar-refractivity contribution in [3.8, 4) is 0 Å². The van der Waals surface area contributed by atoms with Crippen LogP contribution in [0.3, 0.4) is 0 Å². The predicted molar refractivity (Wildman–Crippen MR) is 77.3 cm³/mol. The highest BCUT2D eigenvalue weighted by molar-refractivity contribution is 6.01. The Balaban J connectivity index is 2.99. The zero-order valence-electron chi connectivity index (χ0n) is 11.9. The third-order valence-electron chi connectivity index (χ3n) is 3.31. The number of nitrogens with one attached hydrogen (secondary N) is 2. The number of nitro groups is 1. The molecular weight excluding hydrogens is 260 g/mol. The quantitative estimate of drug-likeness (QED) is 0.419. The number of hydrazine groups is 1. The molecule has 0 heterocycles. The van der Waals surface area contributed by atoms with Crippen LogP contribution >= 0.6 is 0 Å². The Morgan fingerprint density at radius 2 is 2.10 bits per heavy atom. The molecule has 0 atom stereocenters. The molecule has 1 amide bonds. The third kappa shape index (κ3) is 3.67. The highest BCUT2D eigenvalue weighted by Crippen LogP contribution is 2.27. The van der Waals surface area contributed by atoms with E-state index in [1.807, 2.05) is 20.8 Å². The largest absolute Gasteiger partial charge is 0.351 e. The second-order valence-electron chi connectivity index (χ2n) is 5.30. The molecule has 7 nitrogen and oxygen atoms in total.